The van der Waals surface area contributed by atoms with E-state index in [0.29, 0.717) is 6.54 Å². The smallest absolute Gasteiger partial charge is 0.0110 e. The molecule has 5 heteroatoms. The van der Waals surface area contributed by atoms with Crippen LogP contribution in [0.15, 0.2) is 0 Å². The Morgan fingerprint density at radius 3 is 1.71 bits per heavy atom. The molecule has 104 valence electrons. The van der Waals surface area contributed by atoms with Gasteiger partial charge >= 0.3 is 0 Å². The number of hydrogen-bond acceptors (Lipinski definition) is 4. The average Bonchev–Trinajstić information content (AvgIpc) is 2.26. The van der Waals surface area contributed by atoms with Gasteiger partial charge in [-0.15, -0.1) is 0 Å². The number of rotatable bonds is 4. The molecule has 0 atom stereocenters. The van der Waals surface area contributed by atoms with Crippen molar-refractivity contribution in [2.45, 2.75) is 47.7 Å². The molecule has 0 unspecified atom stereocenters. The summed E-state index contributed by atoms with van der Waals surface area (Å²) >= 11 is 8.33. The van der Waals surface area contributed by atoms with Crippen molar-refractivity contribution in [1.82, 2.24) is 0 Å². The molecule has 2 nitrogen and oxygen atoms in total. The minimum Gasteiger partial charge on any atom is -0.330 e. The van der Waals surface area contributed by atoms with Gasteiger partial charge in [-0.05, 0) is 25.7 Å². The maximum atomic E-state index is 5.33. The van der Waals surface area contributed by atoms with Gasteiger partial charge in [-0.2, -0.15) is 24.4 Å². The summed E-state index contributed by atoms with van der Waals surface area (Å²) in [5.74, 6) is 1.95. The van der Waals surface area contributed by atoms with Crippen LogP contribution in [0.1, 0.15) is 38.5 Å². The summed E-state index contributed by atoms with van der Waals surface area (Å²) in [6, 6.07) is 0. The highest BCUT2D eigenvalue weighted by Gasteiger charge is 2.16. The maximum Gasteiger partial charge on any atom is 0.0110 e. The highest BCUT2D eigenvalue weighted by Crippen LogP contribution is 2.30. The first-order chi connectivity index (χ1) is 8.24. The zero-order valence-electron chi connectivity index (χ0n) is 10.6. The van der Waals surface area contributed by atoms with Crippen LogP contribution in [-0.2, 0) is 0 Å². The van der Waals surface area contributed by atoms with Crippen molar-refractivity contribution in [3.63, 3.8) is 0 Å². The van der Waals surface area contributed by atoms with Crippen molar-refractivity contribution in [2.24, 2.45) is 11.5 Å². The summed E-state index contributed by atoms with van der Waals surface area (Å²) in [4.78, 5) is 0. The lowest BCUT2D eigenvalue weighted by Gasteiger charge is -2.23. The summed E-state index contributed by atoms with van der Waals surface area (Å²) in [5.41, 5.74) is 10.3. The highest BCUT2D eigenvalue weighted by molar-refractivity contribution is 14.1. The van der Waals surface area contributed by atoms with Crippen LogP contribution in [0.25, 0.3) is 0 Å². The second kappa shape index (κ2) is 13.8. The molecule has 0 radical (unpaired) electrons. The molecule has 2 aliphatic rings. The van der Waals surface area contributed by atoms with Crippen molar-refractivity contribution in [3.05, 3.63) is 0 Å². The fourth-order valence-corrected chi connectivity index (χ4v) is 3.15. The Morgan fingerprint density at radius 2 is 1.53 bits per heavy atom. The normalized spacial score (nSPS) is 19.1. The number of halogens is 1. The Morgan fingerprint density at radius 1 is 1.06 bits per heavy atom. The van der Waals surface area contributed by atoms with Gasteiger partial charge in [-0.1, -0.05) is 35.4 Å². The molecule has 0 aromatic carbocycles. The molecular formula is C12H27IN2S2. The average molecular weight is 390 g/mol. The van der Waals surface area contributed by atoms with Crippen LogP contribution < -0.4 is 11.5 Å². The van der Waals surface area contributed by atoms with Crippen LogP contribution in [-0.4, -0.2) is 33.8 Å². The SMILES string of the molecule is IC1CCC1.NCCS.NCCSC1CCC1. The van der Waals surface area contributed by atoms with Crippen LogP contribution in [0, 0.1) is 0 Å². The van der Waals surface area contributed by atoms with Gasteiger partial charge in [-0.3, -0.25) is 0 Å². The lowest BCUT2D eigenvalue weighted by molar-refractivity contribution is 0.522. The van der Waals surface area contributed by atoms with E-state index in [1.54, 1.807) is 0 Å². The van der Waals surface area contributed by atoms with Gasteiger partial charge in [0.2, 0.25) is 0 Å². The first kappa shape index (κ1) is 18.4. The molecule has 0 aromatic heterocycles. The van der Waals surface area contributed by atoms with E-state index in [0.717, 1.165) is 27.2 Å². The van der Waals surface area contributed by atoms with Gasteiger partial charge in [0.05, 0.1) is 0 Å². The molecule has 2 aliphatic carbocycles. The van der Waals surface area contributed by atoms with Gasteiger partial charge in [-0.25, -0.2) is 0 Å². The maximum absolute atomic E-state index is 5.33. The molecule has 2 fully saturated rings. The molecule has 0 saturated heterocycles. The third-order valence-corrected chi connectivity index (χ3v) is 5.61. The molecule has 0 amide bonds. The quantitative estimate of drug-likeness (QED) is 0.393. The minimum atomic E-state index is 0.684. The van der Waals surface area contributed by atoms with Crippen LogP contribution >= 0.6 is 47.0 Å². The number of thioether (sulfide) groups is 1. The Kier molecular flexibility index (Phi) is 14.9. The molecule has 0 spiro atoms. The van der Waals surface area contributed by atoms with Gasteiger partial charge in [0.1, 0.15) is 0 Å². The molecule has 2 rings (SSSR count). The van der Waals surface area contributed by atoms with Crippen molar-refractivity contribution in [2.75, 3.05) is 24.6 Å². The van der Waals surface area contributed by atoms with E-state index in [1.165, 1.54) is 38.5 Å². The first-order valence-electron chi connectivity index (χ1n) is 6.51. The monoisotopic (exact) mass is 390 g/mol. The molecule has 2 saturated carbocycles. The van der Waals surface area contributed by atoms with E-state index in [9.17, 15) is 0 Å². The molecule has 0 aliphatic heterocycles. The van der Waals surface area contributed by atoms with Gasteiger partial charge in [0.25, 0.3) is 0 Å². The Labute approximate surface area is 130 Å². The van der Waals surface area contributed by atoms with E-state index >= 15 is 0 Å². The predicted molar refractivity (Wildman–Crippen MR) is 93.7 cm³/mol. The molecule has 17 heavy (non-hydrogen) atoms. The van der Waals surface area contributed by atoms with Crippen LogP contribution in [0.3, 0.4) is 0 Å². The molecule has 0 heterocycles. The number of alkyl halides is 1. The third kappa shape index (κ3) is 12.1. The summed E-state index contributed by atoms with van der Waals surface area (Å²) in [7, 11) is 0. The zero-order chi connectivity index (χ0) is 12.9. The summed E-state index contributed by atoms with van der Waals surface area (Å²) in [6.07, 6.45) is 8.74. The van der Waals surface area contributed by atoms with Crippen molar-refractivity contribution < 1.29 is 0 Å². The van der Waals surface area contributed by atoms with Crippen molar-refractivity contribution in [1.29, 1.82) is 0 Å². The second-order valence-electron chi connectivity index (χ2n) is 4.25. The highest BCUT2D eigenvalue weighted by atomic mass is 127. The standard InChI is InChI=1S/C6H13NS.C4H7I.C2H7NS/c7-4-5-8-6-2-1-3-6;5-4-2-1-3-4;3-1-2-4/h6H,1-5,7H2;4H,1-3H2;4H,1-3H2. The fraction of sp³-hybridized carbons (Fsp3) is 1.00. The van der Waals surface area contributed by atoms with E-state index in [2.05, 4.69) is 35.2 Å². The fourth-order valence-electron chi connectivity index (χ4n) is 1.13. The Balaban J connectivity index is 0.000000246. The molecule has 0 aromatic rings. The topological polar surface area (TPSA) is 52.0 Å². The van der Waals surface area contributed by atoms with Crippen molar-refractivity contribution >= 4 is 47.0 Å². The first-order valence-corrected chi connectivity index (χ1v) is 9.44. The molecule has 0 bridgehead atoms. The molecule has 4 N–H and O–H groups in total. The molecular weight excluding hydrogens is 363 g/mol. The van der Waals surface area contributed by atoms with E-state index in [-0.39, 0.29) is 0 Å². The zero-order valence-corrected chi connectivity index (χ0v) is 14.5. The van der Waals surface area contributed by atoms with Gasteiger partial charge in [0.15, 0.2) is 0 Å². The summed E-state index contributed by atoms with van der Waals surface area (Å²) in [5, 5.41) is 0.971. The van der Waals surface area contributed by atoms with Gasteiger partial charge < -0.3 is 11.5 Å². The van der Waals surface area contributed by atoms with E-state index in [4.69, 9.17) is 11.5 Å². The van der Waals surface area contributed by atoms with E-state index in [1.807, 2.05) is 11.8 Å². The summed E-state index contributed by atoms with van der Waals surface area (Å²) in [6.45, 7) is 1.53. The van der Waals surface area contributed by atoms with Crippen LogP contribution in [0.2, 0.25) is 0 Å². The Hall–Kier alpha value is 1.35. The lowest BCUT2D eigenvalue weighted by Crippen LogP contribution is -2.15. The lowest BCUT2D eigenvalue weighted by atomic mass is 10.0. The summed E-state index contributed by atoms with van der Waals surface area (Å²) < 4.78 is 1.03. The number of hydrogen-bond donors (Lipinski definition) is 3. The van der Waals surface area contributed by atoms with Crippen molar-refractivity contribution in [3.8, 4) is 0 Å². The third-order valence-electron chi connectivity index (χ3n) is 2.69. The van der Waals surface area contributed by atoms with Crippen LogP contribution in [0.4, 0.5) is 0 Å². The largest absolute Gasteiger partial charge is 0.330 e. The predicted octanol–water partition coefficient (Wildman–Crippen LogP) is 3.08. The number of thiol groups is 1. The Bertz CT molecular complexity index is 151. The second-order valence-corrected chi connectivity index (χ2v) is 7.87. The van der Waals surface area contributed by atoms with E-state index < -0.39 is 0 Å². The number of nitrogens with two attached hydrogens (primary N) is 2. The van der Waals surface area contributed by atoms with Crippen LogP contribution in [0.5, 0.6) is 0 Å². The minimum absolute atomic E-state index is 0.684. The van der Waals surface area contributed by atoms with Gasteiger partial charge in [0, 0.05) is 33.8 Å².